The van der Waals surface area contributed by atoms with Crippen LogP contribution in [0.15, 0.2) is 18.2 Å². The zero-order valence-corrected chi connectivity index (χ0v) is 9.47. The first-order valence-electron chi connectivity index (χ1n) is 5.60. The molecule has 0 fully saturated rings. The third kappa shape index (κ3) is 3.54. The summed E-state index contributed by atoms with van der Waals surface area (Å²) in [7, 11) is 0. The summed E-state index contributed by atoms with van der Waals surface area (Å²) in [6, 6.07) is 3.13. The third-order valence-electron chi connectivity index (χ3n) is 2.63. The Kier molecular flexibility index (Phi) is 5.35. The number of nitrogens with one attached hydrogen (secondary N) is 1. The smallest absolute Gasteiger partial charge is 0.128 e. The molecule has 16 heavy (non-hydrogen) atoms. The van der Waals surface area contributed by atoms with Gasteiger partial charge in [0.1, 0.15) is 11.6 Å². The van der Waals surface area contributed by atoms with E-state index in [2.05, 4.69) is 12.3 Å². The minimum atomic E-state index is -0.438. The maximum absolute atomic E-state index is 13.5. The molecule has 1 unspecified atom stereocenters. The molecule has 1 aromatic carbocycles. The molecule has 0 saturated heterocycles. The molecule has 4 heteroatoms. The molecule has 1 atom stereocenters. The lowest BCUT2D eigenvalue weighted by atomic mass is 10.0. The number of benzene rings is 1. The summed E-state index contributed by atoms with van der Waals surface area (Å²) >= 11 is 0. The lowest BCUT2D eigenvalue weighted by molar-refractivity contribution is 0.460. The van der Waals surface area contributed by atoms with E-state index in [1.807, 2.05) is 0 Å². The molecule has 90 valence electrons. The fraction of sp³-hybridized carbons (Fsp3) is 0.500. The van der Waals surface area contributed by atoms with Crippen LogP contribution in [-0.4, -0.2) is 0 Å². The summed E-state index contributed by atoms with van der Waals surface area (Å²) in [5.74, 6) is 4.51. The average Bonchev–Trinajstić information content (AvgIpc) is 2.28. The number of hydrogen-bond acceptors (Lipinski definition) is 2. The van der Waals surface area contributed by atoms with Gasteiger partial charge in [0.05, 0.1) is 0 Å². The minimum Gasteiger partial charge on any atom is -0.271 e. The number of unbranched alkanes of at least 4 members (excludes halogenated alkanes) is 2. The van der Waals surface area contributed by atoms with Gasteiger partial charge in [-0.05, 0) is 24.6 Å². The van der Waals surface area contributed by atoms with Crippen LogP contribution >= 0.6 is 0 Å². The highest BCUT2D eigenvalue weighted by Gasteiger charge is 2.14. The number of hydrogen-bond donors (Lipinski definition) is 2. The third-order valence-corrected chi connectivity index (χ3v) is 2.63. The van der Waals surface area contributed by atoms with Crippen molar-refractivity contribution < 1.29 is 8.78 Å². The molecule has 0 heterocycles. The fourth-order valence-corrected chi connectivity index (χ4v) is 1.71. The monoisotopic (exact) mass is 228 g/mol. The zero-order chi connectivity index (χ0) is 12.0. The van der Waals surface area contributed by atoms with Gasteiger partial charge >= 0.3 is 0 Å². The van der Waals surface area contributed by atoms with E-state index in [-0.39, 0.29) is 6.04 Å². The molecule has 0 spiro atoms. The second kappa shape index (κ2) is 6.55. The molecule has 0 aromatic heterocycles. The fourth-order valence-electron chi connectivity index (χ4n) is 1.71. The molecule has 0 amide bonds. The highest BCUT2D eigenvalue weighted by atomic mass is 19.1. The number of hydrazine groups is 1. The SMILES string of the molecule is CCCCCC(NN)c1cc(F)ccc1F. The van der Waals surface area contributed by atoms with Gasteiger partial charge in [0.15, 0.2) is 0 Å². The number of halogens is 2. The molecule has 0 radical (unpaired) electrons. The van der Waals surface area contributed by atoms with Crippen LogP contribution in [0.25, 0.3) is 0 Å². The molecule has 3 N–H and O–H groups in total. The van der Waals surface area contributed by atoms with Crippen molar-refractivity contribution in [3.8, 4) is 0 Å². The summed E-state index contributed by atoms with van der Waals surface area (Å²) in [6.45, 7) is 2.09. The molecule has 1 rings (SSSR count). The van der Waals surface area contributed by atoms with Crippen LogP contribution in [0.4, 0.5) is 8.78 Å². The Morgan fingerprint density at radius 2 is 2.06 bits per heavy atom. The van der Waals surface area contributed by atoms with E-state index >= 15 is 0 Å². The first-order valence-corrected chi connectivity index (χ1v) is 5.60. The van der Waals surface area contributed by atoms with Gasteiger partial charge < -0.3 is 0 Å². The van der Waals surface area contributed by atoms with Crippen molar-refractivity contribution >= 4 is 0 Å². The molecule has 0 saturated carbocycles. The van der Waals surface area contributed by atoms with Crippen LogP contribution in [0.2, 0.25) is 0 Å². The Balaban J connectivity index is 2.73. The summed E-state index contributed by atoms with van der Waals surface area (Å²) in [5, 5.41) is 0. The molecule has 0 bridgehead atoms. The summed E-state index contributed by atoms with van der Waals surface area (Å²) in [6.07, 6.45) is 3.81. The van der Waals surface area contributed by atoms with E-state index in [4.69, 9.17) is 5.84 Å². The normalized spacial score (nSPS) is 12.8. The Hall–Kier alpha value is -1.00. The standard InChI is InChI=1S/C12H18F2N2/c1-2-3-4-5-12(16-15)10-8-9(13)6-7-11(10)14/h6-8,12,16H,2-5,15H2,1H3. The maximum Gasteiger partial charge on any atom is 0.128 e. The van der Waals surface area contributed by atoms with E-state index < -0.39 is 11.6 Å². The molecule has 0 aliphatic carbocycles. The second-order valence-corrected chi connectivity index (χ2v) is 3.88. The van der Waals surface area contributed by atoms with E-state index in [1.165, 1.54) is 6.07 Å². The molecule has 0 aliphatic heterocycles. The van der Waals surface area contributed by atoms with Gasteiger partial charge in [-0.1, -0.05) is 26.2 Å². The molecule has 0 aliphatic rings. The highest BCUT2D eigenvalue weighted by molar-refractivity contribution is 5.22. The Bertz CT molecular complexity index is 329. The summed E-state index contributed by atoms with van der Waals surface area (Å²) in [4.78, 5) is 0. The van der Waals surface area contributed by atoms with Crippen molar-refractivity contribution in [3.63, 3.8) is 0 Å². The van der Waals surface area contributed by atoms with Crippen molar-refractivity contribution in [3.05, 3.63) is 35.4 Å². The van der Waals surface area contributed by atoms with E-state index in [9.17, 15) is 8.78 Å². The van der Waals surface area contributed by atoms with Gasteiger partial charge in [0.25, 0.3) is 0 Å². The Morgan fingerprint density at radius 3 is 2.69 bits per heavy atom. The Labute approximate surface area is 94.8 Å². The van der Waals surface area contributed by atoms with Gasteiger partial charge in [0, 0.05) is 11.6 Å². The van der Waals surface area contributed by atoms with Gasteiger partial charge in [-0.15, -0.1) is 0 Å². The quantitative estimate of drug-likeness (QED) is 0.446. The second-order valence-electron chi connectivity index (χ2n) is 3.88. The zero-order valence-electron chi connectivity index (χ0n) is 9.47. The first kappa shape index (κ1) is 13.1. The predicted molar refractivity (Wildman–Crippen MR) is 60.6 cm³/mol. The number of nitrogens with two attached hydrogens (primary N) is 1. The largest absolute Gasteiger partial charge is 0.271 e. The summed E-state index contributed by atoms with van der Waals surface area (Å²) in [5.41, 5.74) is 2.84. The maximum atomic E-state index is 13.5. The van der Waals surface area contributed by atoms with Crippen molar-refractivity contribution in [2.45, 2.75) is 38.6 Å². The average molecular weight is 228 g/mol. The van der Waals surface area contributed by atoms with Gasteiger partial charge in [-0.2, -0.15) is 0 Å². The van der Waals surface area contributed by atoms with Crippen LogP contribution in [0.3, 0.4) is 0 Å². The van der Waals surface area contributed by atoms with E-state index in [1.54, 1.807) is 0 Å². The van der Waals surface area contributed by atoms with Crippen molar-refractivity contribution in [2.75, 3.05) is 0 Å². The first-order chi connectivity index (χ1) is 7.69. The molecule has 2 nitrogen and oxygen atoms in total. The topological polar surface area (TPSA) is 38.0 Å². The van der Waals surface area contributed by atoms with Crippen LogP contribution in [-0.2, 0) is 0 Å². The number of rotatable bonds is 6. The Morgan fingerprint density at radius 1 is 1.31 bits per heavy atom. The van der Waals surface area contributed by atoms with E-state index in [0.29, 0.717) is 12.0 Å². The van der Waals surface area contributed by atoms with Gasteiger partial charge in [-0.25, -0.2) is 8.78 Å². The van der Waals surface area contributed by atoms with Gasteiger partial charge in [0.2, 0.25) is 0 Å². The van der Waals surface area contributed by atoms with Crippen LogP contribution in [0, 0.1) is 11.6 Å². The van der Waals surface area contributed by atoms with Crippen LogP contribution in [0.5, 0.6) is 0 Å². The summed E-state index contributed by atoms with van der Waals surface area (Å²) < 4.78 is 26.5. The molecular weight excluding hydrogens is 210 g/mol. The molecule has 1 aromatic rings. The van der Waals surface area contributed by atoms with Crippen molar-refractivity contribution in [1.82, 2.24) is 5.43 Å². The lowest BCUT2D eigenvalue weighted by Crippen LogP contribution is -2.28. The predicted octanol–water partition coefficient (Wildman–Crippen LogP) is 3.05. The minimum absolute atomic E-state index is 0.304. The van der Waals surface area contributed by atoms with Crippen LogP contribution in [0.1, 0.15) is 44.2 Å². The molecular formula is C12H18F2N2. The van der Waals surface area contributed by atoms with Gasteiger partial charge in [-0.3, -0.25) is 11.3 Å². The van der Waals surface area contributed by atoms with E-state index in [0.717, 1.165) is 31.4 Å². The lowest BCUT2D eigenvalue weighted by Gasteiger charge is -2.16. The van der Waals surface area contributed by atoms with Crippen LogP contribution < -0.4 is 11.3 Å². The van der Waals surface area contributed by atoms with Crippen molar-refractivity contribution in [2.24, 2.45) is 5.84 Å². The highest BCUT2D eigenvalue weighted by Crippen LogP contribution is 2.22. The van der Waals surface area contributed by atoms with Crippen molar-refractivity contribution in [1.29, 1.82) is 0 Å².